The van der Waals surface area contributed by atoms with E-state index < -0.39 is 0 Å². The van der Waals surface area contributed by atoms with Crippen LogP contribution in [0.2, 0.25) is 0 Å². The van der Waals surface area contributed by atoms with Gasteiger partial charge < -0.3 is 14.2 Å². The molecular formula is C20H19NO3. The second-order valence-corrected chi connectivity index (χ2v) is 5.25. The highest BCUT2D eigenvalue weighted by Gasteiger charge is 2.11. The molecule has 3 rings (SSSR count). The van der Waals surface area contributed by atoms with Gasteiger partial charge in [-0.1, -0.05) is 30.4 Å². The predicted octanol–water partition coefficient (Wildman–Crippen LogP) is 4.43. The van der Waals surface area contributed by atoms with Crippen LogP contribution < -0.4 is 14.2 Å². The number of hydrogen-bond acceptors (Lipinski definition) is 4. The first-order chi connectivity index (χ1) is 11.7. The molecule has 0 atom stereocenters. The zero-order chi connectivity index (χ0) is 16.9. The summed E-state index contributed by atoms with van der Waals surface area (Å²) >= 11 is 0. The van der Waals surface area contributed by atoms with Gasteiger partial charge in [0, 0.05) is 11.6 Å². The van der Waals surface area contributed by atoms with E-state index in [-0.39, 0.29) is 0 Å². The van der Waals surface area contributed by atoms with Gasteiger partial charge in [-0.15, -0.1) is 0 Å². The molecular weight excluding hydrogens is 302 g/mol. The van der Waals surface area contributed by atoms with Crippen LogP contribution in [0.3, 0.4) is 0 Å². The average molecular weight is 321 g/mol. The number of rotatable bonds is 5. The number of pyridine rings is 1. The Kier molecular flexibility index (Phi) is 4.66. The number of benzene rings is 2. The van der Waals surface area contributed by atoms with Crippen molar-refractivity contribution in [2.45, 2.75) is 0 Å². The van der Waals surface area contributed by atoms with Crippen molar-refractivity contribution in [1.29, 1.82) is 0 Å². The maximum Gasteiger partial charge on any atom is 0.203 e. The summed E-state index contributed by atoms with van der Waals surface area (Å²) in [5.41, 5.74) is 3.02. The Balaban J connectivity index is 1.95. The number of hydrogen-bond donors (Lipinski definition) is 0. The third kappa shape index (κ3) is 3.18. The van der Waals surface area contributed by atoms with E-state index in [4.69, 9.17) is 14.2 Å². The van der Waals surface area contributed by atoms with E-state index in [1.807, 2.05) is 30.4 Å². The molecule has 0 saturated heterocycles. The minimum absolute atomic E-state index is 0.590. The Labute approximate surface area is 141 Å². The van der Waals surface area contributed by atoms with Crippen molar-refractivity contribution in [3.8, 4) is 17.2 Å². The zero-order valence-corrected chi connectivity index (χ0v) is 13.9. The van der Waals surface area contributed by atoms with Gasteiger partial charge in [0.2, 0.25) is 5.75 Å². The highest BCUT2D eigenvalue weighted by molar-refractivity contribution is 5.83. The second kappa shape index (κ2) is 7.04. The van der Waals surface area contributed by atoms with Crippen molar-refractivity contribution < 1.29 is 14.2 Å². The largest absolute Gasteiger partial charge is 0.493 e. The summed E-state index contributed by atoms with van der Waals surface area (Å²) < 4.78 is 16.1. The van der Waals surface area contributed by atoms with Gasteiger partial charge in [0.1, 0.15) is 0 Å². The Morgan fingerprint density at radius 2 is 1.50 bits per heavy atom. The molecule has 0 unspecified atom stereocenters. The van der Waals surface area contributed by atoms with Gasteiger partial charge in [-0.3, -0.25) is 4.98 Å². The topological polar surface area (TPSA) is 40.6 Å². The van der Waals surface area contributed by atoms with Gasteiger partial charge in [-0.25, -0.2) is 0 Å². The molecule has 0 radical (unpaired) electrons. The maximum atomic E-state index is 5.38. The molecule has 4 nitrogen and oxygen atoms in total. The number of fused-ring (bicyclic) bond motifs is 1. The van der Waals surface area contributed by atoms with Gasteiger partial charge >= 0.3 is 0 Å². The number of ether oxygens (including phenoxy) is 3. The van der Waals surface area contributed by atoms with Gasteiger partial charge in [0.15, 0.2) is 11.5 Å². The second-order valence-electron chi connectivity index (χ2n) is 5.25. The first-order valence-corrected chi connectivity index (χ1v) is 7.58. The molecule has 0 saturated carbocycles. The molecule has 122 valence electrons. The third-order valence-corrected chi connectivity index (χ3v) is 3.79. The van der Waals surface area contributed by atoms with Crippen molar-refractivity contribution in [2.24, 2.45) is 0 Å². The predicted molar refractivity (Wildman–Crippen MR) is 96.8 cm³/mol. The highest BCUT2D eigenvalue weighted by atomic mass is 16.5. The smallest absolute Gasteiger partial charge is 0.203 e. The highest BCUT2D eigenvalue weighted by Crippen LogP contribution is 2.38. The normalized spacial score (nSPS) is 11.0. The summed E-state index contributed by atoms with van der Waals surface area (Å²) in [6.45, 7) is 0. The van der Waals surface area contributed by atoms with Crippen LogP contribution in [-0.2, 0) is 0 Å². The molecule has 1 aromatic heterocycles. The van der Waals surface area contributed by atoms with E-state index in [0.29, 0.717) is 17.2 Å². The lowest BCUT2D eigenvalue weighted by molar-refractivity contribution is 0.324. The molecule has 0 N–H and O–H groups in total. The van der Waals surface area contributed by atoms with Gasteiger partial charge in [-0.2, -0.15) is 0 Å². The molecule has 2 aromatic carbocycles. The average Bonchev–Trinajstić information content (AvgIpc) is 2.65. The lowest BCUT2D eigenvalue weighted by Gasteiger charge is -2.12. The summed E-state index contributed by atoms with van der Waals surface area (Å²) in [5, 5.41) is 1.13. The van der Waals surface area contributed by atoms with Gasteiger partial charge in [0.25, 0.3) is 0 Å². The van der Waals surface area contributed by atoms with Crippen LogP contribution in [0.1, 0.15) is 11.1 Å². The van der Waals surface area contributed by atoms with E-state index in [1.165, 1.54) is 0 Å². The van der Waals surface area contributed by atoms with E-state index in [0.717, 1.165) is 22.0 Å². The van der Waals surface area contributed by atoms with Crippen LogP contribution in [0.15, 0.2) is 48.7 Å². The van der Waals surface area contributed by atoms with E-state index in [1.54, 1.807) is 27.5 Å². The van der Waals surface area contributed by atoms with Crippen LogP contribution in [0, 0.1) is 0 Å². The molecule has 3 aromatic rings. The minimum Gasteiger partial charge on any atom is -0.493 e. The lowest BCUT2D eigenvalue weighted by Crippen LogP contribution is -1.95. The number of nitrogens with zero attached hydrogens (tertiary/aromatic N) is 1. The number of methoxy groups -OCH3 is 3. The van der Waals surface area contributed by atoms with Crippen LogP contribution in [0.25, 0.3) is 23.1 Å². The summed E-state index contributed by atoms with van der Waals surface area (Å²) in [7, 11) is 4.82. The Morgan fingerprint density at radius 3 is 2.17 bits per heavy atom. The van der Waals surface area contributed by atoms with Gasteiger partial charge in [0.05, 0.1) is 26.8 Å². The fraction of sp³-hybridized carbons (Fsp3) is 0.150. The van der Waals surface area contributed by atoms with Crippen molar-refractivity contribution in [2.75, 3.05) is 21.3 Å². The monoisotopic (exact) mass is 321 g/mol. The molecule has 1 heterocycles. The van der Waals surface area contributed by atoms with Crippen LogP contribution in [0.5, 0.6) is 17.2 Å². The lowest BCUT2D eigenvalue weighted by atomic mass is 10.1. The van der Waals surface area contributed by atoms with Crippen molar-refractivity contribution in [3.63, 3.8) is 0 Å². The molecule has 0 aliphatic heterocycles. The Bertz CT molecular complexity index is 862. The number of aromatic nitrogens is 1. The molecule has 0 spiro atoms. The van der Waals surface area contributed by atoms with Crippen molar-refractivity contribution in [3.05, 3.63) is 59.8 Å². The minimum atomic E-state index is 0.590. The third-order valence-electron chi connectivity index (χ3n) is 3.79. The molecule has 4 heteroatoms. The Hall–Kier alpha value is -3.01. The Morgan fingerprint density at radius 1 is 0.792 bits per heavy atom. The van der Waals surface area contributed by atoms with Gasteiger partial charge in [-0.05, 0) is 35.4 Å². The van der Waals surface area contributed by atoms with Crippen LogP contribution in [-0.4, -0.2) is 26.3 Å². The first-order valence-electron chi connectivity index (χ1n) is 7.58. The molecule has 0 amide bonds. The first kappa shape index (κ1) is 15.9. The summed E-state index contributed by atoms with van der Waals surface area (Å²) in [6, 6.07) is 14.0. The van der Waals surface area contributed by atoms with Crippen molar-refractivity contribution in [1.82, 2.24) is 4.98 Å². The van der Waals surface area contributed by atoms with Crippen LogP contribution in [0.4, 0.5) is 0 Å². The van der Waals surface area contributed by atoms with E-state index in [2.05, 4.69) is 29.2 Å². The summed E-state index contributed by atoms with van der Waals surface area (Å²) in [4.78, 5) is 4.38. The molecule has 0 aliphatic rings. The SMILES string of the molecule is COc1cc(/C=C/c2ccc3cccnc3c2)cc(OC)c1OC. The fourth-order valence-corrected chi connectivity index (χ4v) is 2.58. The molecule has 0 fully saturated rings. The molecule has 0 bridgehead atoms. The molecule has 24 heavy (non-hydrogen) atoms. The van der Waals surface area contributed by atoms with E-state index in [9.17, 15) is 0 Å². The zero-order valence-electron chi connectivity index (χ0n) is 13.9. The fourth-order valence-electron chi connectivity index (χ4n) is 2.58. The molecule has 0 aliphatic carbocycles. The van der Waals surface area contributed by atoms with E-state index >= 15 is 0 Å². The summed E-state index contributed by atoms with van der Waals surface area (Å²) in [5.74, 6) is 1.86. The van der Waals surface area contributed by atoms with Crippen molar-refractivity contribution >= 4 is 23.1 Å². The maximum absolute atomic E-state index is 5.38. The quantitative estimate of drug-likeness (QED) is 0.652. The van der Waals surface area contributed by atoms with Crippen LogP contribution >= 0.6 is 0 Å². The summed E-state index contributed by atoms with van der Waals surface area (Å²) in [6.07, 6.45) is 5.85. The standard InChI is InChI=1S/C20H19NO3/c1-22-18-12-15(13-19(23-2)20(18)24-3)7-6-14-8-9-16-5-4-10-21-17(16)11-14/h4-13H,1-3H3/b7-6+.